The summed E-state index contributed by atoms with van der Waals surface area (Å²) in [5.41, 5.74) is 0. The van der Waals surface area contributed by atoms with Crippen molar-refractivity contribution in [3.8, 4) is 0 Å². The first kappa shape index (κ1) is 5.16. The molecule has 2 rings (SSSR count). The van der Waals surface area contributed by atoms with Crippen molar-refractivity contribution < 1.29 is 0 Å². The van der Waals surface area contributed by atoms with Crippen LogP contribution in [0.15, 0.2) is 31.1 Å². The van der Waals surface area contributed by atoms with Gasteiger partial charge in [-0.3, -0.25) is 0 Å². The highest BCUT2D eigenvalue weighted by Crippen LogP contribution is 1.84. The standard InChI is InChI=1S/C5H5N5/c1-2-8-10(3-1)9-4-6-7-5-9/h1-5H. The zero-order chi connectivity index (χ0) is 6.81. The molecule has 0 unspecified atom stereocenters. The van der Waals surface area contributed by atoms with Crippen LogP contribution >= 0.6 is 0 Å². The fourth-order valence-electron chi connectivity index (χ4n) is 0.698. The van der Waals surface area contributed by atoms with Crippen LogP contribution < -0.4 is 0 Å². The van der Waals surface area contributed by atoms with Gasteiger partial charge in [-0.2, -0.15) is 9.89 Å². The van der Waals surface area contributed by atoms with Gasteiger partial charge in [0.25, 0.3) is 0 Å². The Balaban J connectivity index is 2.48. The van der Waals surface area contributed by atoms with Crippen molar-refractivity contribution in [2.24, 2.45) is 0 Å². The molecule has 0 atom stereocenters. The molecule has 0 bridgehead atoms. The van der Waals surface area contributed by atoms with Crippen LogP contribution in [0, 0.1) is 0 Å². The molecule has 5 heteroatoms. The molecule has 50 valence electrons. The molecule has 0 aromatic carbocycles. The second-order valence-corrected chi connectivity index (χ2v) is 1.77. The van der Waals surface area contributed by atoms with Crippen molar-refractivity contribution in [1.82, 2.24) is 24.8 Å². The van der Waals surface area contributed by atoms with Gasteiger partial charge in [-0.25, -0.2) is 4.68 Å². The summed E-state index contributed by atoms with van der Waals surface area (Å²) in [5.74, 6) is 0. The van der Waals surface area contributed by atoms with Gasteiger partial charge >= 0.3 is 0 Å². The maximum absolute atomic E-state index is 3.96. The molecule has 0 spiro atoms. The molecule has 0 N–H and O–H groups in total. The van der Waals surface area contributed by atoms with Crippen LogP contribution in [0.2, 0.25) is 0 Å². The highest BCUT2D eigenvalue weighted by molar-refractivity contribution is 4.79. The Kier molecular flexibility index (Phi) is 1.00. The summed E-state index contributed by atoms with van der Waals surface area (Å²) >= 11 is 0. The number of hydrogen-bond acceptors (Lipinski definition) is 3. The first-order valence-electron chi connectivity index (χ1n) is 2.82. The van der Waals surface area contributed by atoms with E-state index in [1.54, 1.807) is 28.3 Å². The summed E-state index contributed by atoms with van der Waals surface area (Å²) in [6.45, 7) is 0. The Morgan fingerprint density at radius 1 is 1.10 bits per heavy atom. The minimum atomic E-state index is 1.58. The molecular formula is C5H5N5. The van der Waals surface area contributed by atoms with Crippen LogP contribution in [0.25, 0.3) is 0 Å². The average Bonchev–Trinajstić information content (AvgIpc) is 2.59. The van der Waals surface area contributed by atoms with E-state index in [9.17, 15) is 0 Å². The molecule has 10 heavy (non-hydrogen) atoms. The second-order valence-electron chi connectivity index (χ2n) is 1.77. The number of nitrogens with zero attached hydrogens (tertiary/aromatic N) is 5. The topological polar surface area (TPSA) is 48.5 Å². The number of hydrogen-bond donors (Lipinski definition) is 0. The van der Waals surface area contributed by atoms with Gasteiger partial charge in [-0.1, -0.05) is 0 Å². The van der Waals surface area contributed by atoms with Gasteiger partial charge in [-0.05, 0) is 6.07 Å². The normalized spacial score (nSPS) is 10.0. The SMILES string of the molecule is c1cnn(-n2cnnc2)c1. The molecular weight excluding hydrogens is 130 g/mol. The Hall–Kier alpha value is -1.65. The van der Waals surface area contributed by atoms with Crippen LogP contribution in [-0.4, -0.2) is 24.8 Å². The Morgan fingerprint density at radius 2 is 1.90 bits per heavy atom. The lowest BCUT2D eigenvalue weighted by molar-refractivity contribution is 0.571. The molecule has 0 aliphatic carbocycles. The van der Waals surface area contributed by atoms with E-state index < -0.39 is 0 Å². The average molecular weight is 135 g/mol. The highest BCUT2D eigenvalue weighted by Gasteiger charge is 1.89. The molecule has 5 nitrogen and oxygen atoms in total. The van der Waals surface area contributed by atoms with Gasteiger partial charge in [0.05, 0.1) is 6.20 Å². The summed E-state index contributed by atoms with van der Waals surface area (Å²) < 4.78 is 1.67. The fourth-order valence-corrected chi connectivity index (χ4v) is 0.698. The van der Waals surface area contributed by atoms with Crippen molar-refractivity contribution in [1.29, 1.82) is 0 Å². The van der Waals surface area contributed by atoms with E-state index in [1.807, 2.05) is 12.3 Å². The third-order valence-electron chi connectivity index (χ3n) is 1.13. The molecule has 0 amide bonds. The smallest absolute Gasteiger partial charge is 0.141 e. The molecule has 2 aromatic rings. The van der Waals surface area contributed by atoms with Crippen molar-refractivity contribution in [2.75, 3.05) is 0 Å². The van der Waals surface area contributed by atoms with Crippen molar-refractivity contribution >= 4 is 0 Å². The highest BCUT2D eigenvalue weighted by atomic mass is 15.6. The molecule has 0 fully saturated rings. The van der Waals surface area contributed by atoms with Crippen LogP contribution in [0.3, 0.4) is 0 Å². The minimum Gasteiger partial charge on any atom is -0.208 e. The van der Waals surface area contributed by atoms with Gasteiger partial charge in [0.1, 0.15) is 12.7 Å². The van der Waals surface area contributed by atoms with E-state index in [2.05, 4.69) is 15.3 Å². The van der Waals surface area contributed by atoms with Crippen molar-refractivity contribution in [3.05, 3.63) is 31.1 Å². The summed E-state index contributed by atoms with van der Waals surface area (Å²) in [6, 6.07) is 1.83. The summed E-state index contributed by atoms with van der Waals surface area (Å²) in [4.78, 5) is 1.62. The van der Waals surface area contributed by atoms with E-state index in [0.717, 1.165) is 0 Å². The van der Waals surface area contributed by atoms with Gasteiger partial charge in [-0.15, -0.1) is 10.2 Å². The lowest BCUT2D eigenvalue weighted by atomic mass is 10.8. The maximum Gasteiger partial charge on any atom is 0.141 e. The second kappa shape index (κ2) is 1.94. The largest absolute Gasteiger partial charge is 0.208 e. The van der Waals surface area contributed by atoms with E-state index in [1.165, 1.54) is 0 Å². The van der Waals surface area contributed by atoms with Gasteiger partial charge in [0.15, 0.2) is 0 Å². The van der Waals surface area contributed by atoms with Gasteiger partial charge in [0, 0.05) is 6.20 Å². The Labute approximate surface area is 56.9 Å². The van der Waals surface area contributed by atoms with Crippen molar-refractivity contribution in [3.63, 3.8) is 0 Å². The Bertz CT molecular complexity index is 249. The summed E-state index contributed by atoms with van der Waals surface area (Å²) in [6.07, 6.45) is 6.66. The third-order valence-corrected chi connectivity index (χ3v) is 1.13. The fraction of sp³-hybridized carbons (Fsp3) is 0. The third kappa shape index (κ3) is 0.680. The van der Waals surface area contributed by atoms with E-state index in [4.69, 9.17) is 0 Å². The molecule has 0 saturated carbocycles. The lowest BCUT2D eigenvalue weighted by Gasteiger charge is -1.95. The number of aromatic nitrogens is 5. The zero-order valence-corrected chi connectivity index (χ0v) is 5.12. The predicted molar refractivity (Wildman–Crippen MR) is 33.0 cm³/mol. The molecule has 0 aliphatic heterocycles. The molecule has 0 radical (unpaired) electrons. The molecule has 2 heterocycles. The van der Waals surface area contributed by atoms with Crippen LogP contribution in [0.4, 0.5) is 0 Å². The van der Waals surface area contributed by atoms with Crippen molar-refractivity contribution in [2.45, 2.75) is 0 Å². The zero-order valence-electron chi connectivity index (χ0n) is 5.12. The lowest BCUT2D eigenvalue weighted by Crippen LogP contribution is -2.05. The van der Waals surface area contributed by atoms with E-state index in [-0.39, 0.29) is 0 Å². The Morgan fingerprint density at radius 3 is 2.50 bits per heavy atom. The first-order valence-corrected chi connectivity index (χ1v) is 2.82. The first-order chi connectivity index (χ1) is 4.97. The quantitative estimate of drug-likeness (QED) is 0.543. The number of rotatable bonds is 1. The van der Waals surface area contributed by atoms with Crippen LogP contribution in [-0.2, 0) is 0 Å². The summed E-state index contributed by atoms with van der Waals surface area (Å²) in [7, 11) is 0. The maximum atomic E-state index is 3.96. The van der Waals surface area contributed by atoms with Crippen LogP contribution in [0.5, 0.6) is 0 Å². The van der Waals surface area contributed by atoms with E-state index in [0.29, 0.717) is 0 Å². The molecule has 2 aromatic heterocycles. The monoisotopic (exact) mass is 135 g/mol. The van der Waals surface area contributed by atoms with Gasteiger partial charge in [0.2, 0.25) is 0 Å². The molecule has 0 aliphatic rings. The van der Waals surface area contributed by atoms with E-state index >= 15 is 0 Å². The summed E-state index contributed by atoms with van der Waals surface area (Å²) in [5, 5.41) is 11.2. The van der Waals surface area contributed by atoms with Crippen LogP contribution in [0.1, 0.15) is 0 Å². The molecule has 0 saturated heterocycles. The predicted octanol–water partition coefficient (Wildman–Crippen LogP) is -0.214. The van der Waals surface area contributed by atoms with Gasteiger partial charge < -0.3 is 0 Å². The minimum absolute atomic E-state index is 1.58.